The normalized spacial score (nSPS) is 17.5. The van der Waals surface area contributed by atoms with Crippen LogP contribution >= 0.6 is 0 Å². The quantitative estimate of drug-likeness (QED) is 0.732. The fourth-order valence-electron chi connectivity index (χ4n) is 3.32. The van der Waals surface area contributed by atoms with E-state index in [4.69, 9.17) is 9.15 Å². The third-order valence-corrected chi connectivity index (χ3v) is 4.66. The zero-order valence-electron chi connectivity index (χ0n) is 14.9. The van der Waals surface area contributed by atoms with Gasteiger partial charge in [-0.3, -0.25) is 0 Å². The molecular weight excluding hydrogens is 330 g/mol. The van der Waals surface area contributed by atoms with Crippen molar-refractivity contribution in [3.05, 3.63) is 52.9 Å². The minimum atomic E-state index is -0.399. The SMILES string of the molecule is COc1cccc(-c2cc3ccc(N4CCN[C@@H](C)C4)cc3oc2=O)n1. The van der Waals surface area contributed by atoms with Gasteiger partial charge in [0.05, 0.1) is 18.4 Å². The standard InChI is InChI=1S/C20H21N3O3/c1-13-12-23(9-8-21-13)15-7-6-14-10-16(20(24)26-18(14)11-15)17-4-3-5-19(22-17)25-2/h3-7,10-11,13,21H,8-9,12H2,1-2H3/t13-/m0/s1. The molecule has 1 saturated heterocycles. The summed E-state index contributed by atoms with van der Waals surface area (Å²) >= 11 is 0. The number of nitrogens with zero attached hydrogens (tertiary/aromatic N) is 2. The largest absolute Gasteiger partial charge is 0.481 e. The number of methoxy groups -OCH3 is 1. The highest BCUT2D eigenvalue weighted by atomic mass is 16.5. The summed E-state index contributed by atoms with van der Waals surface area (Å²) in [5.74, 6) is 0.463. The highest BCUT2D eigenvalue weighted by molar-refractivity contribution is 5.84. The van der Waals surface area contributed by atoms with Gasteiger partial charge in [0.15, 0.2) is 0 Å². The Kier molecular flexibility index (Phi) is 4.34. The van der Waals surface area contributed by atoms with E-state index in [1.165, 1.54) is 0 Å². The Morgan fingerprint density at radius 1 is 1.27 bits per heavy atom. The zero-order valence-corrected chi connectivity index (χ0v) is 14.9. The molecule has 6 nitrogen and oxygen atoms in total. The minimum Gasteiger partial charge on any atom is -0.481 e. The Hall–Kier alpha value is -2.86. The maximum Gasteiger partial charge on any atom is 0.345 e. The molecule has 0 unspecified atom stereocenters. The molecule has 0 amide bonds. The summed E-state index contributed by atoms with van der Waals surface area (Å²) in [5, 5.41) is 4.30. The van der Waals surface area contributed by atoms with Crippen molar-refractivity contribution in [2.24, 2.45) is 0 Å². The lowest BCUT2D eigenvalue weighted by Gasteiger charge is -2.33. The molecule has 1 atom stereocenters. The molecule has 0 spiro atoms. The molecule has 0 radical (unpaired) electrons. The van der Waals surface area contributed by atoms with E-state index in [2.05, 4.69) is 28.2 Å². The fraction of sp³-hybridized carbons (Fsp3) is 0.300. The molecule has 0 bridgehead atoms. The first kappa shape index (κ1) is 16.6. The van der Waals surface area contributed by atoms with Crippen LogP contribution in [0.5, 0.6) is 5.88 Å². The highest BCUT2D eigenvalue weighted by Gasteiger charge is 2.17. The topological polar surface area (TPSA) is 67.6 Å². The summed E-state index contributed by atoms with van der Waals surface area (Å²) in [6.07, 6.45) is 0. The van der Waals surface area contributed by atoms with Crippen LogP contribution < -0.4 is 20.6 Å². The average Bonchev–Trinajstić information content (AvgIpc) is 2.67. The van der Waals surface area contributed by atoms with E-state index in [9.17, 15) is 4.79 Å². The van der Waals surface area contributed by atoms with Crippen molar-refractivity contribution in [2.75, 3.05) is 31.6 Å². The minimum absolute atomic E-state index is 0.399. The Balaban J connectivity index is 1.74. The van der Waals surface area contributed by atoms with Crippen LogP contribution in [0, 0.1) is 0 Å². The van der Waals surface area contributed by atoms with Crippen molar-refractivity contribution < 1.29 is 9.15 Å². The van der Waals surface area contributed by atoms with Gasteiger partial charge in [-0.1, -0.05) is 6.07 Å². The van der Waals surface area contributed by atoms with E-state index in [1.807, 2.05) is 18.2 Å². The first-order valence-electron chi connectivity index (χ1n) is 8.72. The zero-order chi connectivity index (χ0) is 18.1. The van der Waals surface area contributed by atoms with Gasteiger partial charge in [0.1, 0.15) is 5.58 Å². The van der Waals surface area contributed by atoms with Crippen molar-refractivity contribution in [3.63, 3.8) is 0 Å². The second-order valence-corrected chi connectivity index (χ2v) is 6.54. The van der Waals surface area contributed by atoms with Crippen molar-refractivity contribution in [2.45, 2.75) is 13.0 Å². The van der Waals surface area contributed by atoms with Gasteiger partial charge in [0, 0.05) is 48.9 Å². The number of pyridine rings is 1. The molecule has 1 aliphatic heterocycles. The van der Waals surface area contributed by atoms with Gasteiger partial charge in [0.2, 0.25) is 5.88 Å². The molecule has 1 aromatic carbocycles. The number of nitrogens with one attached hydrogen (secondary N) is 1. The molecule has 0 saturated carbocycles. The van der Waals surface area contributed by atoms with Crippen molar-refractivity contribution in [1.29, 1.82) is 0 Å². The van der Waals surface area contributed by atoms with Crippen LogP contribution in [0.2, 0.25) is 0 Å². The van der Waals surface area contributed by atoms with Gasteiger partial charge in [-0.2, -0.15) is 0 Å². The number of piperazine rings is 1. The molecule has 4 rings (SSSR count). The lowest BCUT2D eigenvalue weighted by molar-refractivity contribution is 0.398. The first-order valence-corrected chi connectivity index (χ1v) is 8.72. The Labute approximate surface area is 151 Å². The number of fused-ring (bicyclic) bond motifs is 1. The van der Waals surface area contributed by atoms with Gasteiger partial charge in [0.25, 0.3) is 0 Å². The summed E-state index contributed by atoms with van der Waals surface area (Å²) in [4.78, 5) is 19.1. The van der Waals surface area contributed by atoms with Crippen molar-refractivity contribution in [3.8, 4) is 17.1 Å². The monoisotopic (exact) mass is 351 g/mol. The van der Waals surface area contributed by atoms with E-state index in [1.54, 1.807) is 25.3 Å². The number of benzene rings is 1. The number of aromatic nitrogens is 1. The van der Waals surface area contributed by atoms with Crippen LogP contribution in [0.15, 0.2) is 51.7 Å². The Morgan fingerprint density at radius 2 is 2.15 bits per heavy atom. The molecule has 1 fully saturated rings. The number of hydrogen-bond donors (Lipinski definition) is 1. The van der Waals surface area contributed by atoms with E-state index >= 15 is 0 Å². The van der Waals surface area contributed by atoms with E-state index in [0.29, 0.717) is 28.8 Å². The van der Waals surface area contributed by atoms with E-state index < -0.39 is 5.63 Å². The molecule has 3 heterocycles. The summed E-state index contributed by atoms with van der Waals surface area (Å²) in [6, 6.07) is 13.6. The van der Waals surface area contributed by atoms with Crippen LogP contribution in [0.25, 0.3) is 22.2 Å². The van der Waals surface area contributed by atoms with Gasteiger partial charge < -0.3 is 19.4 Å². The van der Waals surface area contributed by atoms with Gasteiger partial charge in [-0.15, -0.1) is 0 Å². The maximum atomic E-state index is 12.5. The molecule has 1 aliphatic rings. The number of hydrogen-bond acceptors (Lipinski definition) is 6. The molecule has 26 heavy (non-hydrogen) atoms. The molecular formula is C20H21N3O3. The Morgan fingerprint density at radius 3 is 2.96 bits per heavy atom. The molecule has 134 valence electrons. The smallest absolute Gasteiger partial charge is 0.345 e. The van der Waals surface area contributed by atoms with Crippen LogP contribution in [0.1, 0.15) is 6.92 Å². The van der Waals surface area contributed by atoms with E-state index in [-0.39, 0.29) is 0 Å². The molecule has 6 heteroatoms. The lowest BCUT2D eigenvalue weighted by atomic mass is 10.1. The summed E-state index contributed by atoms with van der Waals surface area (Å²) in [5.41, 5.74) is 2.23. The van der Waals surface area contributed by atoms with Crippen LogP contribution in [0.4, 0.5) is 5.69 Å². The predicted octanol–water partition coefficient (Wildman–Crippen LogP) is 2.66. The van der Waals surface area contributed by atoms with Crippen molar-refractivity contribution >= 4 is 16.7 Å². The third-order valence-electron chi connectivity index (χ3n) is 4.66. The van der Waals surface area contributed by atoms with E-state index in [0.717, 1.165) is 30.7 Å². The number of rotatable bonds is 3. The van der Waals surface area contributed by atoms with Gasteiger partial charge in [-0.05, 0) is 31.2 Å². The fourth-order valence-corrected chi connectivity index (χ4v) is 3.32. The van der Waals surface area contributed by atoms with Gasteiger partial charge >= 0.3 is 5.63 Å². The molecule has 3 aromatic rings. The molecule has 1 N–H and O–H groups in total. The first-order chi connectivity index (χ1) is 12.6. The van der Waals surface area contributed by atoms with Crippen molar-refractivity contribution in [1.82, 2.24) is 10.3 Å². The summed E-state index contributed by atoms with van der Waals surface area (Å²) in [6.45, 7) is 4.98. The van der Waals surface area contributed by atoms with Crippen LogP contribution in [-0.2, 0) is 0 Å². The highest BCUT2D eigenvalue weighted by Crippen LogP contribution is 2.25. The summed E-state index contributed by atoms with van der Waals surface area (Å²) in [7, 11) is 1.55. The third kappa shape index (κ3) is 3.15. The summed E-state index contributed by atoms with van der Waals surface area (Å²) < 4.78 is 10.7. The number of ether oxygens (including phenoxy) is 1. The lowest BCUT2D eigenvalue weighted by Crippen LogP contribution is -2.49. The van der Waals surface area contributed by atoms with Crippen LogP contribution in [0.3, 0.4) is 0 Å². The predicted molar refractivity (Wildman–Crippen MR) is 102 cm³/mol. The molecule has 0 aliphatic carbocycles. The number of anilines is 1. The van der Waals surface area contributed by atoms with Gasteiger partial charge in [-0.25, -0.2) is 9.78 Å². The Bertz CT molecular complexity index is 999. The second-order valence-electron chi connectivity index (χ2n) is 6.54. The average molecular weight is 351 g/mol. The van der Waals surface area contributed by atoms with Crippen LogP contribution in [-0.4, -0.2) is 37.8 Å². The maximum absolute atomic E-state index is 12.5. The molecule has 2 aromatic heterocycles. The second kappa shape index (κ2) is 6.80.